The Labute approximate surface area is 145 Å². The standard InChI is InChI=1S/C18H22N4OS/c1-12-8-4-5-9-14(12)15(21-10-6-3-7-11-21)16-17(23)22-18(24-16)19-13(2)20-22/h4-5,8-9,15,23H,3,6-7,10-11H2,1-2H3/p+1/t15-/m1/s1. The van der Waals surface area contributed by atoms with Crippen molar-refractivity contribution in [2.24, 2.45) is 0 Å². The van der Waals surface area contributed by atoms with Crippen LogP contribution >= 0.6 is 11.3 Å². The first-order valence-corrected chi connectivity index (χ1v) is 9.42. The fraction of sp³-hybridized carbons (Fsp3) is 0.444. The monoisotopic (exact) mass is 343 g/mol. The molecule has 0 aliphatic carbocycles. The number of nitrogens with one attached hydrogen (secondary N) is 1. The Morgan fingerprint density at radius 3 is 2.62 bits per heavy atom. The first-order valence-electron chi connectivity index (χ1n) is 8.60. The van der Waals surface area contributed by atoms with Gasteiger partial charge in [-0.3, -0.25) is 0 Å². The Balaban J connectivity index is 1.86. The van der Waals surface area contributed by atoms with Crippen molar-refractivity contribution in [3.8, 4) is 5.88 Å². The molecule has 0 unspecified atom stereocenters. The second kappa shape index (κ2) is 6.18. The number of likely N-dealkylation sites (tertiary alicyclic amines) is 1. The van der Waals surface area contributed by atoms with E-state index < -0.39 is 0 Å². The molecule has 1 aliphatic heterocycles. The summed E-state index contributed by atoms with van der Waals surface area (Å²) in [5.41, 5.74) is 2.57. The molecule has 0 bridgehead atoms. The van der Waals surface area contributed by atoms with Gasteiger partial charge in [0.05, 0.1) is 13.1 Å². The van der Waals surface area contributed by atoms with Gasteiger partial charge in [0, 0.05) is 5.56 Å². The molecule has 0 spiro atoms. The molecule has 1 aromatic carbocycles. The predicted octanol–water partition coefficient (Wildman–Crippen LogP) is 2.27. The summed E-state index contributed by atoms with van der Waals surface area (Å²) < 4.78 is 1.59. The summed E-state index contributed by atoms with van der Waals surface area (Å²) in [7, 11) is 0. The minimum Gasteiger partial charge on any atom is -0.492 e. The number of hydrogen-bond donors (Lipinski definition) is 2. The van der Waals surface area contributed by atoms with Gasteiger partial charge in [0.1, 0.15) is 10.7 Å². The van der Waals surface area contributed by atoms with Gasteiger partial charge in [-0.15, -0.1) is 5.10 Å². The lowest BCUT2D eigenvalue weighted by Gasteiger charge is -2.31. The Morgan fingerprint density at radius 2 is 1.92 bits per heavy atom. The van der Waals surface area contributed by atoms with Crippen LogP contribution in [0.25, 0.3) is 4.96 Å². The Bertz CT molecular complexity index is 863. The van der Waals surface area contributed by atoms with Gasteiger partial charge in [-0.25, -0.2) is 4.98 Å². The van der Waals surface area contributed by atoms with E-state index in [1.54, 1.807) is 15.9 Å². The molecule has 126 valence electrons. The van der Waals surface area contributed by atoms with E-state index in [4.69, 9.17) is 0 Å². The van der Waals surface area contributed by atoms with Crippen molar-refractivity contribution in [1.82, 2.24) is 14.6 Å². The number of nitrogens with zero attached hydrogens (tertiary/aromatic N) is 3. The molecular formula is C18H23N4OS+. The fourth-order valence-electron chi connectivity index (χ4n) is 3.79. The molecule has 0 radical (unpaired) electrons. The lowest BCUT2D eigenvalue weighted by molar-refractivity contribution is -0.930. The highest BCUT2D eigenvalue weighted by Crippen LogP contribution is 2.36. The minimum atomic E-state index is 0.153. The lowest BCUT2D eigenvalue weighted by atomic mass is 9.96. The van der Waals surface area contributed by atoms with E-state index in [1.165, 1.54) is 35.3 Å². The summed E-state index contributed by atoms with van der Waals surface area (Å²) in [6.07, 6.45) is 3.81. The zero-order valence-corrected chi connectivity index (χ0v) is 14.9. The number of benzene rings is 1. The molecule has 1 atom stereocenters. The Hall–Kier alpha value is -1.92. The van der Waals surface area contributed by atoms with Gasteiger partial charge < -0.3 is 10.0 Å². The van der Waals surface area contributed by atoms with Gasteiger partial charge in [0.25, 0.3) is 0 Å². The van der Waals surface area contributed by atoms with Crippen LogP contribution in [-0.2, 0) is 0 Å². The molecule has 4 rings (SSSR count). The van der Waals surface area contributed by atoms with Crippen LogP contribution in [0.15, 0.2) is 24.3 Å². The molecule has 0 amide bonds. The van der Waals surface area contributed by atoms with Crippen LogP contribution in [0.2, 0.25) is 0 Å². The molecule has 24 heavy (non-hydrogen) atoms. The zero-order chi connectivity index (χ0) is 16.7. The maximum absolute atomic E-state index is 10.8. The summed E-state index contributed by atoms with van der Waals surface area (Å²) in [6, 6.07) is 8.68. The number of rotatable bonds is 3. The average Bonchev–Trinajstić information content (AvgIpc) is 3.09. The number of aromatic nitrogens is 3. The maximum atomic E-state index is 10.8. The zero-order valence-electron chi connectivity index (χ0n) is 14.1. The van der Waals surface area contributed by atoms with Crippen LogP contribution in [0.5, 0.6) is 5.88 Å². The van der Waals surface area contributed by atoms with Gasteiger partial charge in [-0.2, -0.15) is 4.52 Å². The number of fused-ring (bicyclic) bond motifs is 1. The van der Waals surface area contributed by atoms with Crippen LogP contribution in [0.1, 0.15) is 47.1 Å². The molecule has 1 aliphatic rings. The van der Waals surface area contributed by atoms with Gasteiger partial charge >= 0.3 is 0 Å². The molecular weight excluding hydrogens is 320 g/mol. The van der Waals surface area contributed by atoms with Crippen LogP contribution in [-0.4, -0.2) is 32.8 Å². The number of quaternary nitrogens is 1. The molecule has 3 heterocycles. The summed E-state index contributed by atoms with van der Waals surface area (Å²) in [5.74, 6) is 0.947. The third-order valence-electron chi connectivity index (χ3n) is 4.97. The summed E-state index contributed by atoms with van der Waals surface area (Å²) >= 11 is 1.57. The van der Waals surface area contributed by atoms with Gasteiger partial charge in [-0.1, -0.05) is 35.6 Å². The Morgan fingerprint density at radius 1 is 1.17 bits per heavy atom. The van der Waals surface area contributed by atoms with Crippen molar-refractivity contribution >= 4 is 16.3 Å². The number of thiazole rings is 1. The van der Waals surface area contributed by atoms with Crippen molar-refractivity contribution in [2.45, 2.75) is 39.2 Å². The number of piperidine rings is 1. The van der Waals surface area contributed by atoms with Gasteiger partial charge in [0.15, 0.2) is 6.04 Å². The molecule has 2 aromatic heterocycles. The molecule has 5 nitrogen and oxygen atoms in total. The van der Waals surface area contributed by atoms with Crippen molar-refractivity contribution in [3.05, 3.63) is 46.1 Å². The maximum Gasteiger partial charge on any atom is 0.235 e. The largest absolute Gasteiger partial charge is 0.492 e. The van der Waals surface area contributed by atoms with Crippen LogP contribution in [0, 0.1) is 13.8 Å². The molecule has 6 heteroatoms. The molecule has 1 fully saturated rings. The quantitative estimate of drug-likeness (QED) is 0.767. The highest BCUT2D eigenvalue weighted by Gasteiger charge is 2.34. The predicted molar refractivity (Wildman–Crippen MR) is 94.8 cm³/mol. The van der Waals surface area contributed by atoms with Gasteiger partial charge in [-0.05, 0) is 38.7 Å². The van der Waals surface area contributed by atoms with E-state index in [2.05, 4.69) is 41.3 Å². The van der Waals surface area contributed by atoms with Crippen molar-refractivity contribution in [3.63, 3.8) is 0 Å². The van der Waals surface area contributed by atoms with Gasteiger partial charge in [0.2, 0.25) is 10.8 Å². The lowest BCUT2D eigenvalue weighted by Crippen LogP contribution is -3.13. The normalized spacial score (nSPS) is 17.4. The third kappa shape index (κ3) is 2.59. The highest BCUT2D eigenvalue weighted by atomic mass is 32.1. The first-order chi connectivity index (χ1) is 11.6. The second-order valence-electron chi connectivity index (χ2n) is 6.65. The first kappa shape index (κ1) is 15.6. The van der Waals surface area contributed by atoms with E-state index in [-0.39, 0.29) is 11.9 Å². The Kier molecular flexibility index (Phi) is 4.02. The van der Waals surface area contributed by atoms with Crippen molar-refractivity contribution in [1.29, 1.82) is 0 Å². The number of aryl methyl sites for hydroxylation is 2. The molecule has 1 saturated heterocycles. The van der Waals surface area contributed by atoms with Crippen molar-refractivity contribution < 1.29 is 10.0 Å². The fourth-order valence-corrected chi connectivity index (χ4v) is 4.97. The van der Waals surface area contributed by atoms with E-state index in [1.807, 2.05) is 6.92 Å². The summed E-state index contributed by atoms with van der Waals surface area (Å²) in [6.45, 7) is 6.30. The van der Waals surface area contributed by atoms with E-state index in [0.717, 1.165) is 22.9 Å². The number of hydrogen-bond acceptors (Lipinski definition) is 4. The summed E-state index contributed by atoms with van der Waals surface area (Å²) in [5, 5.41) is 15.1. The van der Waals surface area contributed by atoms with Crippen molar-refractivity contribution in [2.75, 3.05) is 13.1 Å². The van der Waals surface area contributed by atoms with Crippen LogP contribution < -0.4 is 4.90 Å². The smallest absolute Gasteiger partial charge is 0.235 e. The molecule has 0 saturated carbocycles. The molecule has 2 N–H and O–H groups in total. The number of aromatic hydroxyl groups is 1. The molecule has 3 aromatic rings. The van der Waals surface area contributed by atoms with E-state index >= 15 is 0 Å². The van der Waals surface area contributed by atoms with Crippen LogP contribution in [0.3, 0.4) is 0 Å². The second-order valence-corrected chi connectivity index (χ2v) is 7.66. The van der Waals surface area contributed by atoms with E-state index in [0.29, 0.717) is 5.82 Å². The summed E-state index contributed by atoms with van der Waals surface area (Å²) in [4.78, 5) is 7.73. The highest BCUT2D eigenvalue weighted by molar-refractivity contribution is 7.17. The average molecular weight is 343 g/mol. The SMILES string of the molecule is Cc1nc2sc([C@@H](c3ccccc3C)[NH+]3CCCCC3)c(O)n2n1. The van der Waals surface area contributed by atoms with Crippen LogP contribution in [0.4, 0.5) is 0 Å². The minimum absolute atomic E-state index is 0.153. The van der Waals surface area contributed by atoms with E-state index in [9.17, 15) is 5.11 Å². The third-order valence-corrected chi connectivity index (χ3v) is 6.06. The topological polar surface area (TPSA) is 54.9 Å².